The number of hydrogen-bond donors (Lipinski definition) is 1. The lowest BCUT2D eigenvalue weighted by Crippen LogP contribution is -2.52. The molecule has 2 aliphatic carbocycles. The summed E-state index contributed by atoms with van der Waals surface area (Å²) < 4.78 is 0. The molecule has 3 aliphatic rings. The quantitative estimate of drug-likeness (QED) is 0.833. The summed E-state index contributed by atoms with van der Waals surface area (Å²) in [5, 5.41) is 0. The molecule has 0 bridgehead atoms. The number of carbonyl (C=O) groups excluding carboxylic acids is 1. The van der Waals surface area contributed by atoms with Crippen molar-refractivity contribution in [3.63, 3.8) is 0 Å². The van der Waals surface area contributed by atoms with E-state index in [1.807, 2.05) is 0 Å². The Morgan fingerprint density at radius 1 is 1.05 bits per heavy atom. The number of piperidine rings is 1. The van der Waals surface area contributed by atoms with Gasteiger partial charge in [-0.05, 0) is 44.4 Å². The van der Waals surface area contributed by atoms with E-state index < -0.39 is 0 Å². The van der Waals surface area contributed by atoms with Crippen LogP contribution in [-0.4, -0.2) is 28.9 Å². The molecule has 0 unspecified atom stereocenters. The first-order valence-corrected chi connectivity index (χ1v) is 8.26. The van der Waals surface area contributed by atoms with E-state index in [0.29, 0.717) is 18.4 Å². The van der Waals surface area contributed by atoms with Gasteiger partial charge in [-0.3, -0.25) is 4.79 Å². The van der Waals surface area contributed by atoms with Crippen LogP contribution in [0.15, 0.2) is 0 Å². The number of nitrogens with zero attached hydrogens (tertiary/aromatic N) is 1. The van der Waals surface area contributed by atoms with Crippen molar-refractivity contribution < 1.29 is 4.79 Å². The molecule has 0 aromatic rings. The number of carbonyl (C=O) groups is 1. The summed E-state index contributed by atoms with van der Waals surface area (Å²) >= 11 is 0. The fraction of sp³-hybridized carbons (Fsp3) is 0.938. The molecule has 1 aliphatic heterocycles. The lowest BCUT2D eigenvalue weighted by Gasteiger charge is -2.45. The highest BCUT2D eigenvalue weighted by Gasteiger charge is 2.39. The van der Waals surface area contributed by atoms with Gasteiger partial charge in [0.25, 0.3) is 0 Å². The van der Waals surface area contributed by atoms with Crippen LogP contribution in [0, 0.1) is 5.92 Å². The summed E-state index contributed by atoms with van der Waals surface area (Å²) in [5.74, 6) is 1.13. The van der Waals surface area contributed by atoms with Crippen molar-refractivity contribution in [2.75, 3.05) is 6.54 Å². The number of rotatable bonds is 2. The lowest BCUT2D eigenvalue weighted by molar-refractivity contribution is -0.138. The van der Waals surface area contributed by atoms with Crippen molar-refractivity contribution in [2.45, 2.75) is 82.2 Å². The van der Waals surface area contributed by atoms with Crippen LogP contribution in [0.1, 0.15) is 70.6 Å². The normalized spacial score (nSPS) is 34.1. The van der Waals surface area contributed by atoms with Gasteiger partial charge >= 0.3 is 0 Å². The first-order chi connectivity index (χ1) is 9.18. The minimum atomic E-state index is -0.182. The van der Waals surface area contributed by atoms with Gasteiger partial charge in [0.2, 0.25) is 5.91 Å². The van der Waals surface area contributed by atoms with Crippen molar-refractivity contribution in [1.82, 2.24) is 4.90 Å². The molecular formula is C16H28N2O. The Balaban J connectivity index is 1.64. The molecule has 108 valence electrons. The van der Waals surface area contributed by atoms with Gasteiger partial charge in [-0.25, -0.2) is 0 Å². The summed E-state index contributed by atoms with van der Waals surface area (Å²) in [6.07, 6.45) is 12.9. The number of nitrogens with two attached hydrogens (primary N) is 1. The van der Waals surface area contributed by atoms with Crippen LogP contribution in [0.5, 0.6) is 0 Å². The maximum Gasteiger partial charge on any atom is 0.224 e. The maximum atomic E-state index is 12.7. The van der Waals surface area contributed by atoms with E-state index in [1.54, 1.807) is 0 Å². The fourth-order valence-corrected chi connectivity index (χ4v) is 4.59. The average molecular weight is 264 g/mol. The average Bonchev–Trinajstić information content (AvgIpc) is 2.84. The molecule has 3 heteroatoms. The van der Waals surface area contributed by atoms with Crippen molar-refractivity contribution >= 4 is 5.91 Å². The largest absolute Gasteiger partial charge is 0.339 e. The third kappa shape index (κ3) is 2.81. The van der Waals surface area contributed by atoms with Gasteiger partial charge in [0.1, 0.15) is 0 Å². The van der Waals surface area contributed by atoms with E-state index in [0.717, 1.165) is 25.3 Å². The van der Waals surface area contributed by atoms with Crippen LogP contribution in [0.2, 0.25) is 0 Å². The fourth-order valence-electron chi connectivity index (χ4n) is 4.59. The van der Waals surface area contributed by atoms with Gasteiger partial charge in [-0.1, -0.05) is 25.7 Å². The zero-order chi connectivity index (χ0) is 13.3. The van der Waals surface area contributed by atoms with Gasteiger partial charge in [-0.15, -0.1) is 0 Å². The van der Waals surface area contributed by atoms with Gasteiger partial charge in [0.05, 0.1) is 0 Å². The molecule has 2 N–H and O–H groups in total. The summed E-state index contributed by atoms with van der Waals surface area (Å²) in [6, 6.07) is 0.542. The van der Waals surface area contributed by atoms with Gasteiger partial charge < -0.3 is 10.6 Å². The molecule has 0 aromatic carbocycles. The highest BCUT2D eigenvalue weighted by Crippen LogP contribution is 2.37. The van der Waals surface area contributed by atoms with E-state index in [-0.39, 0.29) is 5.54 Å². The second-order valence-corrected chi connectivity index (χ2v) is 7.09. The monoisotopic (exact) mass is 264 g/mol. The summed E-state index contributed by atoms with van der Waals surface area (Å²) in [5.41, 5.74) is 6.21. The molecular weight excluding hydrogens is 236 g/mol. The Kier molecular flexibility index (Phi) is 3.84. The third-order valence-electron chi connectivity index (χ3n) is 5.67. The minimum Gasteiger partial charge on any atom is -0.339 e. The number of likely N-dealkylation sites (tertiary alicyclic amines) is 1. The van der Waals surface area contributed by atoms with Gasteiger partial charge in [0, 0.05) is 24.5 Å². The van der Waals surface area contributed by atoms with E-state index in [1.165, 1.54) is 51.4 Å². The molecule has 3 fully saturated rings. The van der Waals surface area contributed by atoms with Crippen molar-refractivity contribution in [3.05, 3.63) is 0 Å². The predicted octanol–water partition coefficient (Wildman–Crippen LogP) is 2.83. The Bertz CT molecular complexity index is 334. The topological polar surface area (TPSA) is 46.3 Å². The molecule has 1 heterocycles. The van der Waals surface area contributed by atoms with E-state index in [2.05, 4.69) is 4.90 Å². The second-order valence-electron chi connectivity index (χ2n) is 7.09. The molecule has 3 rings (SSSR count). The van der Waals surface area contributed by atoms with Crippen molar-refractivity contribution in [1.29, 1.82) is 0 Å². The number of fused-ring (bicyclic) bond motifs is 1. The minimum absolute atomic E-state index is 0.182. The van der Waals surface area contributed by atoms with Crippen LogP contribution in [-0.2, 0) is 4.79 Å². The predicted molar refractivity (Wildman–Crippen MR) is 76.7 cm³/mol. The van der Waals surface area contributed by atoms with Crippen LogP contribution in [0.3, 0.4) is 0 Å². The van der Waals surface area contributed by atoms with Crippen molar-refractivity contribution in [2.24, 2.45) is 11.7 Å². The molecule has 0 radical (unpaired) electrons. The summed E-state index contributed by atoms with van der Waals surface area (Å²) in [6.45, 7) is 0.982. The first-order valence-electron chi connectivity index (χ1n) is 8.26. The Labute approximate surface area is 116 Å². The Morgan fingerprint density at radius 2 is 1.74 bits per heavy atom. The van der Waals surface area contributed by atoms with E-state index in [4.69, 9.17) is 5.73 Å². The maximum absolute atomic E-state index is 12.7. The van der Waals surface area contributed by atoms with Crippen molar-refractivity contribution in [3.8, 4) is 0 Å². The third-order valence-corrected chi connectivity index (χ3v) is 5.67. The molecule has 1 amide bonds. The zero-order valence-electron chi connectivity index (χ0n) is 12.1. The van der Waals surface area contributed by atoms with Gasteiger partial charge in [0.15, 0.2) is 0 Å². The lowest BCUT2D eigenvalue weighted by atomic mass is 9.78. The zero-order valence-corrected chi connectivity index (χ0v) is 12.1. The van der Waals surface area contributed by atoms with E-state index in [9.17, 15) is 4.79 Å². The number of amides is 1. The molecule has 2 atom stereocenters. The van der Waals surface area contributed by atoms with Gasteiger partial charge in [-0.2, -0.15) is 0 Å². The van der Waals surface area contributed by atoms with Crippen LogP contribution in [0.25, 0.3) is 0 Å². The standard InChI is InChI=1S/C16H28N2O/c17-16(9-3-4-10-16)12-15(19)18-11-5-7-13-6-1-2-8-14(13)18/h13-14H,1-12,17H2/t13-,14-/m1/s1. The molecule has 2 saturated carbocycles. The first kappa shape index (κ1) is 13.4. The molecule has 3 nitrogen and oxygen atoms in total. The molecule has 19 heavy (non-hydrogen) atoms. The Morgan fingerprint density at radius 3 is 2.53 bits per heavy atom. The molecule has 0 spiro atoms. The number of hydrogen-bond acceptors (Lipinski definition) is 2. The van der Waals surface area contributed by atoms with E-state index >= 15 is 0 Å². The smallest absolute Gasteiger partial charge is 0.224 e. The highest BCUT2D eigenvalue weighted by molar-refractivity contribution is 5.78. The van der Waals surface area contributed by atoms with Crippen LogP contribution in [0.4, 0.5) is 0 Å². The second kappa shape index (κ2) is 5.43. The summed E-state index contributed by atoms with van der Waals surface area (Å²) in [4.78, 5) is 14.9. The summed E-state index contributed by atoms with van der Waals surface area (Å²) in [7, 11) is 0. The Hall–Kier alpha value is -0.570. The SMILES string of the molecule is NC1(CC(=O)N2CCC[C@H]3CCCC[C@H]32)CCCC1. The van der Waals surface area contributed by atoms with Crippen LogP contribution >= 0.6 is 0 Å². The molecule has 1 saturated heterocycles. The van der Waals surface area contributed by atoms with Crippen LogP contribution < -0.4 is 5.73 Å². The molecule has 0 aromatic heterocycles. The highest BCUT2D eigenvalue weighted by atomic mass is 16.2.